The molecule has 20 heavy (non-hydrogen) atoms. The molecule has 0 saturated heterocycles. The number of nitrogens with zero attached hydrogens (tertiary/aromatic N) is 2. The van der Waals surface area contributed by atoms with Crippen LogP contribution in [0.3, 0.4) is 0 Å². The van der Waals surface area contributed by atoms with Gasteiger partial charge in [-0.3, -0.25) is 0 Å². The summed E-state index contributed by atoms with van der Waals surface area (Å²) in [5.41, 5.74) is 5.24. The number of hydrogen-bond donors (Lipinski definition) is 1. The minimum Gasteiger partial charge on any atom is -0.332 e. The van der Waals surface area contributed by atoms with Gasteiger partial charge in [0.1, 0.15) is 0 Å². The molecule has 1 aromatic carbocycles. The standard InChI is InChI=1S/C14H15F2N3O/c15-14(16,10-6-2-1-3-7-10)12-18-11(19-20-12)13(17)8-4-5-9-13/h1-3,6-7H,4-5,8-9,17H2. The Labute approximate surface area is 115 Å². The highest BCUT2D eigenvalue weighted by atomic mass is 19.3. The zero-order chi connectivity index (χ0) is 14.2. The summed E-state index contributed by atoms with van der Waals surface area (Å²) < 4.78 is 33.3. The molecular formula is C14H15F2N3O. The highest BCUT2D eigenvalue weighted by Gasteiger charge is 2.43. The van der Waals surface area contributed by atoms with Crippen LogP contribution in [0, 0.1) is 0 Å². The summed E-state index contributed by atoms with van der Waals surface area (Å²) in [5, 5.41) is 3.67. The monoisotopic (exact) mass is 279 g/mol. The Morgan fingerprint density at radius 3 is 2.45 bits per heavy atom. The number of benzene rings is 1. The van der Waals surface area contributed by atoms with Crippen molar-refractivity contribution in [3.8, 4) is 0 Å². The Hall–Kier alpha value is -1.82. The van der Waals surface area contributed by atoms with E-state index in [9.17, 15) is 8.78 Å². The Bertz CT molecular complexity index is 591. The average Bonchev–Trinajstić information content (AvgIpc) is 3.09. The van der Waals surface area contributed by atoms with E-state index in [1.54, 1.807) is 18.2 Å². The summed E-state index contributed by atoms with van der Waals surface area (Å²) in [6.45, 7) is 0. The second-order valence-electron chi connectivity index (χ2n) is 5.23. The summed E-state index contributed by atoms with van der Waals surface area (Å²) in [6.07, 6.45) is 3.30. The maximum Gasteiger partial charge on any atom is 0.350 e. The molecule has 4 nitrogen and oxygen atoms in total. The zero-order valence-corrected chi connectivity index (χ0v) is 10.9. The van der Waals surface area contributed by atoms with Gasteiger partial charge in [-0.25, -0.2) is 0 Å². The first-order valence-corrected chi connectivity index (χ1v) is 6.59. The Balaban J connectivity index is 1.94. The van der Waals surface area contributed by atoms with Gasteiger partial charge in [0.2, 0.25) is 0 Å². The van der Waals surface area contributed by atoms with Crippen LogP contribution in [0.4, 0.5) is 8.78 Å². The Morgan fingerprint density at radius 1 is 1.15 bits per heavy atom. The summed E-state index contributed by atoms with van der Waals surface area (Å²) in [5.74, 6) is -3.82. The molecule has 106 valence electrons. The predicted molar refractivity (Wildman–Crippen MR) is 68.1 cm³/mol. The fourth-order valence-electron chi connectivity index (χ4n) is 2.55. The van der Waals surface area contributed by atoms with Crippen molar-refractivity contribution in [3.63, 3.8) is 0 Å². The van der Waals surface area contributed by atoms with Gasteiger partial charge >= 0.3 is 11.8 Å². The van der Waals surface area contributed by atoms with Crippen molar-refractivity contribution in [2.45, 2.75) is 37.1 Å². The van der Waals surface area contributed by atoms with Gasteiger partial charge in [0.15, 0.2) is 5.82 Å². The molecule has 2 N–H and O–H groups in total. The van der Waals surface area contributed by atoms with E-state index in [0.29, 0.717) is 12.8 Å². The van der Waals surface area contributed by atoms with Crippen LogP contribution in [-0.2, 0) is 11.5 Å². The van der Waals surface area contributed by atoms with Gasteiger partial charge in [-0.1, -0.05) is 48.3 Å². The van der Waals surface area contributed by atoms with E-state index in [4.69, 9.17) is 10.3 Å². The van der Waals surface area contributed by atoms with E-state index in [-0.39, 0.29) is 11.4 Å². The largest absolute Gasteiger partial charge is 0.350 e. The molecule has 1 aliphatic carbocycles. The molecule has 0 atom stereocenters. The first-order chi connectivity index (χ1) is 9.52. The van der Waals surface area contributed by atoms with Crippen molar-refractivity contribution in [2.75, 3.05) is 0 Å². The third-order valence-electron chi connectivity index (χ3n) is 3.77. The smallest absolute Gasteiger partial charge is 0.332 e. The number of alkyl halides is 2. The van der Waals surface area contributed by atoms with E-state index < -0.39 is 17.4 Å². The molecule has 0 spiro atoms. The molecule has 0 amide bonds. The first kappa shape index (κ1) is 13.2. The van der Waals surface area contributed by atoms with Crippen LogP contribution in [0.1, 0.15) is 43.0 Å². The number of aromatic nitrogens is 2. The number of halogens is 2. The van der Waals surface area contributed by atoms with E-state index in [1.165, 1.54) is 12.1 Å². The molecule has 3 rings (SSSR count). The van der Waals surface area contributed by atoms with E-state index in [2.05, 4.69) is 10.1 Å². The van der Waals surface area contributed by atoms with Gasteiger partial charge < -0.3 is 10.3 Å². The van der Waals surface area contributed by atoms with Crippen molar-refractivity contribution in [1.29, 1.82) is 0 Å². The molecule has 1 fully saturated rings. The highest BCUT2D eigenvalue weighted by Crippen LogP contribution is 2.38. The molecule has 1 saturated carbocycles. The van der Waals surface area contributed by atoms with E-state index in [1.807, 2.05) is 0 Å². The van der Waals surface area contributed by atoms with Crippen LogP contribution >= 0.6 is 0 Å². The maximum atomic E-state index is 14.3. The van der Waals surface area contributed by atoms with Gasteiger partial charge in [-0.2, -0.15) is 13.8 Å². The molecule has 0 radical (unpaired) electrons. The second kappa shape index (κ2) is 4.63. The number of hydrogen-bond acceptors (Lipinski definition) is 4. The third-order valence-corrected chi connectivity index (χ3v) is 3.77. The molecule has 1 heterocycles. The van der Waals surface area contributed by atoms with Crippen molar-refractivity contribution in [1.82, 2.24) is 10.1 Å². The van der Waals surface area contributed by atoms with Crippen molar-refractivity contribution in [2.24, 2.45) is 5.73 Å². The van der Waals surface area contributed by atoms with Gasteiger partial charge in [-0.05, 0) is 12.8 Å². The van der Waals surface area contributed by atoms with Crippen LogP contribution in [0.2, 0.25) is 0 Å². The van der Waals surface area contributed by atoms with E-state index >= 15 is 0 Å². The topological polar surface area (TPSA) is 64.9 Å². The van der Waals surface area contributed by atoms with Crippen LogP contribution in [0.15, 0.2) is 34.9 Å². The fraction of sp³-hybridized carbons (Fsp3) is 0.429. The molecule has 0 bridgehead atoms. The van der Waals surface area contributed by atoms with Crippen molar-refractivity contribution in [3.05, 3.63) is 47.6 Å². The SMILES string of the molecule is NC1(c2noc(C(F)(F)c3ccccc3)n2)CCCC1. The zero-order valence-electron chi connectivity index (χ0n) is 10.9. The first-order valence-electron chi connectivity index (χ1n) is 6.59. The summed E-state index contributed by atoms with van der Waals surface area (Å²) in [6, 6.07) is 7.42. The molecular weight excluding hydrogens is 264 g/mol. The van der Waals surface area contributed by atoms with Crippen LogP contribution in [0.5, 0.6) is 0 Å². The van der Waals surface area contributed by atoms with Crippen molar-refractivity contribution >= 4 is 0 Å². The molecule has 0 unspecified atom stereocenters. The Kier molecular flexibility index (Phi) is 3.05. The Morgan fingerprint density at radius 2 is 1.80 bits per heavy atom. The number of nitrogens with two attached hydrogens (primary N) is 1. The molecule has 0 aliphatic heterocycles. The minimum atomic E-state index is -3.30. The fourth-order valence-corrected chi connectivity index (χ4v) is 2.55. The molecule has 1 aliphatic rings. The number of rotatable bonds is 3. The van der Waals surface area contributed by atoms with Crippen molar-refractivity contribution < 1.29 is 13.3 Å². The lowest BCUT2D eigenvalue weighted by Gasteiger charge is -2.18. The van der Waals surface area contributed by atoms with Gasteiger partial charge in [0, 0.05) is 5.56 Å². The third kappa shape index (κ3) is 2.10. The molecule has 1 aromatic heterocycles. The summed E-state index contributed by atoms with van der Waals surface area (Å²) in [4.78, 5) is 3.86. The highest BCUT2D eigenvalue weighted by molar-refractivity contribution is 5.25. The normalized spacial score (nSPS) is 18.4. The lowest BCUT2D eigenvalue weighted by molar-refractivity contribution is 0.00761. The molecule has 6 heteroatoms. The summed E-state index contributed by atoms with van der Waals surface area (Å²) in [7, 11) is 0. The summed E-state index contributed by atoms with van der Waals surface area (Å²) >= 11 is 0. The van der Waals surface area contributed by atoms with Crippen LogP contribution in [0.25, 0.3) is 0 Å². The van der Waals surface area contributed by atoms with E-state index in [0.717, 1.165) is 12.8 Å². The van der Waals surface area contributed by atoms with Gasteiger partial charge in [-0.15, -0.1) is 0 Å². The second-order valence-corrected chi connectivity index (χ2v) is 5.23. The van der Waals surface area contributed by atoms with Gasteiger partial charge in [0.05, 0.1) is 5.54 Å². The minimum absolute atomic E-state index is 0.173. The van der Waals surface area contributed by atoms with Crippen LogP contribution < -0.4 is 5.73 Å². The lowest BCUT2D eigenvalue weighted by atomic mass is 9.98. The van der Waals surface area contributed by atoms with Gasteiger partial charge in [0.25, 0.3) is 0 Å². The molecule has 2 aromatic rings. The average molecular weight is 279 g/mol. The predicted octanol–water partition coefficient (Wildman–Crippen LogP) is 2.94. The van der Waals surface area contributed by atoms with Crippen LogP contribution in [-0.4, -0.2) is 10.1 Å². The lowest BCUT2D eigenvalue weighted by Crippen LogP contribution is -2.34. The maximum absolute atomic E-state index is 14.3. The quantitative estimate of drug-likeness (QED) is 0.938.